The number of carbonyl (C=O) groups is 1. The normalized spacial score (nSPS) is 17.5. The number of benzene rings is 1. The number of hydrogen-bond donors (Lipinski definition) is 1. The molecule has 5 heteroatoms. The van der Waals surface area contributed by atoms with Crippen molar-refractivity contribution in [3.63, 3.8) is 0 Å². The SMILES string of the molecule is Cc1ccc(N)cc1CN1CCN(OC(=O)C(C)(C)C)CC1. The molecule has 5 nitrogen and oxygen atoms in total. The summed E-state index contributed by atoms with van der Waals surface area (Å²) in [4.78, 5) is 19.7. The van der Waals surface area contributed by atoms with Crippen LogP contribution in [0, 0.1) is 12.3 Å². The van der Waals surface area contributed by atoms with Crippen LogP contribution < -0.4 is 5.73 Å². The lowest BCUT2D eigenvalue weighted by molar-refractivity contribution is -0.207. The average Bonchev–Trinajstić information content (AvgIpc) is 2.44. The van der Waals surface area contributed by atoms with Gasteiger partial charge in [-0.3, -0.25) is 4.90 Å². The minimum Gasteiger partial charge on any atom is -0.399 e. The Morgan fingerprint density at radius 1 is 1.23 bits per heavy atom. The summed E-state index contributed by atoms with van der Waals surface area (Å²) in [5.74, 6) is -0.173. The Balaban J connectivity index is 1.85. The summed E-state index contributed by atoms with van der Waals surface area (Å²) in [5, 5.41) is 1.77. The van der Waals surface area contributed by atoms with E-state index in [0.29, 0.717) is 0 Å². The monoisotopic (exact) mass is 305 g/mol. The summed E-state index contributed by atoms with van der Waals surface area (Å²) in [6.45, 7) is 11.8. The van der Waals surface area contributed by atoms with Gasteiger partial charge in [0.05, 0.1) is 5.41 Å². The van der Waals surface area contributed by atoms with E-state index in [0.717, 1.165) is 38.4 Å². The van der Waals surface area contributed by atoms with Crippen molar-refractivity contribution >= 4 is 11.7 Å². The Morgan fingerprint density at radius 3 is 2.45 bits per heavy atom. The first kappa shape index (κ1) is 16.8. The van der Waals surface area contributed by atoms with Crippen LogP contribution in [0.25, 0.3) is 0 Å². The van der Waals surface area contributed by atoms with Gasteiger partial charge in [-0.15, -0.1) is 5.06 Å². The molecule has 1 fully saturated rings. The van der Waals surface area contributed by atoms with E-state index in [-0.39, 0.29) is 5.97 Å². The largest absolute Gasteiger partial charge is 0.399 e. The first-order valence-electron chi connectivity index (χ1n) is 7.80. The van der Waals surface area contributed by atoms with E-state index < -0.39 is 5.41 Å². The van der Waals surface area contributed by atoms with Crippen molar-refractivity contribution in [3.05, 3.63) is 29.3 Å². The van der Waals surface area contributed by atoms with Gasteiger partial charge in [0.25, 0.3) is 0 Å². The van der Waals surface area contributed by atoms with Gasteiger partial charge in [-0.2, -0.15) is 0 Å². The molecule has 0 spiro atoms. The number of nitrogens with zero attached hydrogens (tertiary/aromatic N) is 2. The number of rotatable bonds is 3. The molecule has 1 saturated heterocycles. The van der Waals surface area contributed by atoms with Gasteiger partial charge >= 0.3 is 5.97 Å². The van der Waals surface area contributed by atoms with Gasteiger partial charge in [0, 0.05) is 38.4 Å². The van der Waals surface area contributed by atoms with Gasteiger partial charge in [-0.25, -0.2) is 4.79 Å². The number of hydroxylamine groups is 2. The highest BCUT2D eigenvalue weighted by molar-refractivity contribution is 5.75. The Morgan fingerprint density at radius 2 is 1.86 bits per heavy atom. The van der Waals surface area contributed by atoms with Crippen molar-refractivity contribution in [3.8, 4) is 0 Å². The summed E-state index contributed by atoms with van der Waals surface area (Å²) in [5.41, 5.74) is 8.73. The van der Waals surface area contributed by atoms with E-state index in [4.69, 9.17) is 10.6 Å². The summed E-state index contributed by atoms with van der Waals surface area (Å²) >= 11 is 0. The van der Waals surface area contributed by atoms with Crippen LogP contribution in [0.15, 0.2) is 18.2 Å². The predicted molar refractivity (Wildman–Crippen MR) is 88.0 cm³/mol. The molecule has 1 aromatic rings. The van der Waals surface area contributed by atoms with Crippen LogP contribution in [-0.2, 0) is 16.2 Å². The maximum Gasteiger partial charge on any atom is 0.330 e. The maximum atomic E-state index is 11.9. The molecule has 0 radical (unpaired) electrons. The molecular weight excluding hydrogens is 278 g/mol. The Hall–Kier alpha value is -1.59. The van der Waals surface area contributed by atoms with Gasteiger partial charge in [0.1, 0.15) is 0 Å². The van der Waals surface area contributed by atoms with Gasteiger partial charge in [0.15, 0.2) is 0 Å². The zero-order valence-electron chi connectivity index (χ0n) is 14.1. The Bertz CT molecular complexity index is 529. The maximum absolute atomic E-state index is 11.9. The standard InChI is InChI=1S/C17H27N3O2/c1-13-5-6-15(18)11-14(13)12-19-7-9-20(10-8-19)22-16(21)17(2,3)4/h5-6,11H,7-10,12,18H2,1-4H3. The van der Waals surface area contributed by atoms with Crippen molar-refractivity contribution in [2.45, 2.75) is 34.2 Å². The van der Waals surface area contributed by atoms with Crippen molar-refractivity contribution in [1.82, 2.24) is 9.96 Å². The number of nitrogen functional groups attached to an aromatic ring is 1. The molecule has 0 aliphatic carbocycles. The van der Waals surface area contributed by atoms with Crippen LogP contribution in [0.2, 0.25) is 0 Å². The zero-order valence-corrected chi connectivity index (χ0v) is 14.1. The van der Waals surface area contributed by atoms with Crippen LogP contribution in [0.5, 0.6) is 0 Å². The van der Waals surface area contributed by atoms with Crippen molar-refractivity contribution in [2.24, 2.45) is 5.41 Å². The van der Waals surface area contributed by atoms with E-state index in [1.807, 2.05) is 32.9 Å². The van der Waals surface area contributed by atoms with Crippen molar-refractivity contribution in [2.75, 3.05) is 31.9 Å². The average molecular weight is 305 g/mol. The fraction of sp³-hybridized carbons (Fsp3) is 0.588. The molecule has 1 heterocycles. The molecule has 1 aliphatic rings. The number of aryl methyl sites for hydroxylation is 1. The molecule has 2 rings (SSSR count). The fourth-order valence-corrected chi connectivity index (χ4v) is 2.34. The van der Waals surface area contributed by atoms with Crippen molar-refractivity contribution < 1.29 is 9.63 Å². The minimum absolute atomic E-state index is 0.173. The molecule has 0 unspecified atom stereocenters. The molecular formula is C17H27N3O2. The quantitative estimate of drug-likeness (QED) is 0.868. The zero-order chi connectivity index (χ0) is 16.3. The van der Waals surface area contributed by atoms with Gasteiger partial charge in [0.2, 0.25) is 0 Å². The van der Waals surface area contributed by atoms with Crippen LogP contribution >= 0.6 is 0 Å². The second kappa shape index (κ2) is 6.67. The first-order valence-corrected chi connectivity index (χ1v) is 7.80. The molecule has 0 amide bonds. The lowest BCUT2D eigenvalue weighted by Gasteiger charge is -2.34. The number of carbonyl (C=O) groups excluding carboxylic acids is 1. The highest BCUT2D eigenvalue weighted by atomic mass is 16.7. The lowest BCUT2D eigenvalue weighted by Crippen LogP contribution is -2.47. The van der Waals surface area contributed by atoms with E-state index in [1.54, 1.807) is 5.06 Å². The Kier molecular flexibility index (Phi) is 5.08. The molecule has 0 bridgehead atoms. The summed E-state index contributed by atoms with van der Waals surface area (Å²) in [7, 11) is 0. The third kappa shape index (κ3) is 4.45. The minimum atomic E-state index is -0.462. The van der Waals surface area contributed by atoms with E-state index >= 15 is 0 Å². The third-order valence-corrected chi connectivity index (χ3v) is 3.92. The summed E-state index contributed by atoms with van der Waals surface area (Å²) in [6.07, 6.45) is 0. The summed E-state index contributed by atoms with van der Waals surface area (Å²) in [6, 6.07) is 6.04. The molecule has 22 heavy (non-hydrogen) atoms. The molecule has 0 aromatic heterocycles. The van der Waals surface area contributed by atoms with Crippen molar-refractivity contribution in [1.29, 1.82) is 0 Å². The van der Waals surface area contributed by atoms with E-state index in [1.165, 1.54) is 11.1 Å². The smallest absolute Gasteiger partial charge is 0.330 e. The molecule has 0 saturated carbocycles. The highest BCUT2D eigenvalue weighted by Gasteiger charge is 2.27. The third-order valence-electron chi connectivity index (χ3n) is 3.92. The molecule has 1 aromatic carbocycles. The Labute approximate surface area is 133 Å². The summed E-state index contributed by atoms with van der Waals surface area (Å²) < 4.78 is 0. The number of hydrogen-bond acceptors (Lipinski definition) is 5. The van der Waals surface area contributed by atoms with E-state index in [9.17, 15) is 4.79 Å². The topological polar surface area (TPSA) is 58.8 Å². The number of anilines is 1. The van der Waals surface area contributed by atoms with Crippen LogP contribution in [0.1, 0.15) is 31.9 Å². The van der Waals surface area contributed by atoms with Crippen LogP contribution in [-0.4, -0.2) is 42.1 Å². The molecule has 0 atom stereocenters. The number of nitrogens with two attached hydrogens (primary N) is 1. The molecule has 1 aliphatic heterocycles. The first-order chi connectivity index (χ1) is 10.3. The van der Waals surface area contributed by atoms with Gasteiger partial charge < -0.3 is 10.6 Å². The molecule has 122 valence electrons. The van der Waals surface area contributed by atoms with Gasteiger partial charge in [-0.1, -0.05) is 6.07 Å². The van der Waals surface area contributed by atoms with E-state index in [2.05, 4.69) is 17.9 Å². The van der Waals surface area contributed by atoms with Gasteiger partial charge in [-0.05, 0) is 51.0 Å². The lowest BCUT2D eigenvalue weighted by atomic mass is 9.98. The fourth-order valence-electron chi connectivity index (χ4n) is 2.34. The second-order valence-corrected chi connectivity index (χ2v) is 7.02. The predicted octanol–water partition coefficient (Wildman–Crippen LogP) is 2.20. The number of piperazine rings is 1. The molecule has 2 N–H and O–H groups in total. The second-order valence-electron chi connectivity index (χ2n) is 7.02. The van der Waals surface area contributed by atoms with Crippen LogP contribution in [0.4, 0.5) is 5.69 Å². The van der Waals surface area contributed by atoms with Crippen LogP contribution in [0.3, 0.4) is 0 Å². The highest BCUT2D eigenvalue weighted by Crippen LogP contribution is 2.18.